The standard InChI is InChI=1S/C21H25ClN2O4S/c22-18-8-4-9-19(12-18)28-16-21(13-20(23)25)10-5-11-24(15-21)29(26,27)14-17-6-2-1-3-7-17/h1-4,6-9,12H,5,10-11,13-16H2,(H2,23,25)/t21-/m0/s1. The van der Waals surface area contributed by atoms with Gasteiger partial charge >= 0.3 is 0 Å². The van der Waals surface area contributed by atoms with E-state index in [0.717, 1.165) is 5.56 Å². The predicted molar refractivity (Wildman–Crippen MR) is 113 cm³/mol. The zero-order valence-corrected chi connectivity index (χ0v) is 17.7. The summed E-state index contributed by atoms with van der Waals surface area (Å²) in [6.07, 6.45) is 1.36. The molecule has 0 saturated carbocycles. The van der Waals surface area contributed by atoms with Crippen LogP contribution in [0.25, 0.3) is 0 Å². The van der Waals surface area contributed by atoms with Crippen molar-refractivity contribution >= 4 is 27.5 Å². The number of primary amides is 1. The molecule has 1 aliphatic heterocycles. The lowest BCUT2D eigenvalue weighted by Gasteiger charge is -2.41. The summed E-state index contributed by atoms with van der Waals surface area (Å²) in [5.41, 5.74) is 5.56. The molecule has 0 bridgehead atoms. The van der Waals surface area contributed by atoms with Gasteiger partial charge in [-0.3, -0.25) is 4.79 Å². The number of rotatable bonds is 8. The van der Waals surface area contributed by atoms with E-state index in [1.165, 1.54) is 4.31 Å². The Morgan fingerprint density at radius 2 is 1.93 bits per heavy atom. The fraction of sp³-hybridized carbons (Fsp3) is 0.381. The minimum absolute atomic E-state index is 0.0604. The summed E-state index contributed by atoms with van der Waals surface area (Å²) < 4.78 is 33.4. The van der Waals surface area contributed by atoms with Gasteiger partial charge in [0.05, 0.1) is 12.4 Å². The van der Waals surface area contributed by atoms with Gasteiger partial charge in [-0.05, 0) is 36.6 Å². The van der Waals surface area contributed by atoms with Crippen molar-refractivity contribution in [2.24, 2.45) is 11.1 Å². The maximum absolute atomic E-state index is 13.0. The van der Waals surface area contributed by atoms with Crippen molar-refractivity contribution < 1.29 is 17.9 Å². The molecule has 1 aliphatic rings. The van der Waals surface area contributed by atoms with Gasteiger partial charge in [0.25, 0.3) is 0 Å². The van der Waals surface area contributed by atoms with Crippen LogP contribution >= 0.6 is 11.6 Å². The summed E-state index contributed by atoms with van der Waals surface area (Å²) in [7, 11) is -3.53. The van der Waals surface area contributed by atoms with Crippen molar-refractivity contribution in [3.8, 4) is 5.75 Å². The van der Waals surface area contributed by atoms with E-state index in [4.69, 9.17) is 22.1 Å². The third-order valence-corrected chi connectivity index (χ3v) is 7.13. The number of nitrogens with zero attached hydrogens (tertiary/aromatic N) is 1. The zero-order chi connectivity index (χ0) is 20.9. The van der Waals surface area contributed by atoms with E-state index in [1.807, 2.05) is 18.2 Å². The highest BCUT2D eigenvalue weighted by atomic mass is 35.5. The Morgan fingerprint density at radius 3 is 2.62 bits per heavy atom. The van der Waals surface area contributed by atoms with Crippen LogP contribution in [0, 0.1) is 5.41 Å². The van der Waals surface area contributed by atoms with E-state index in [1.54, 1.807) is 36.4 Å². The molecule has 1 amide bonds. The first-order valence-electron chi connectivity index (χ1n) is 9.46. The van der Waals surface area contributed by atoms with Crippen LogP contribution < -0.4 is 10.5 Å². The van der Waals surface area contributed by atoms with Crippen molar-refractivity contribution in [1.82, 2.24) is 4.31 Å². The van der Waals surface area contributed by atoms with Crippen LogP contribution in [-0.2, 0) is 20.6 Å². The zero-order valence-electron chi connectivity index (χ0n) is 16.1. The first kappa shape index (κ1) is 21.6. The molecule has 0 unspecified atom stereocenters. The lowest BCUT2D eigenvalue weighted by atomic mass is 9.78. The molecule has 0 aromatic heterocycles. The van der Waals surface area contributed by atoms with Crippen molar-refractivity contribution in [3.63, 3.8) is 0 Å². The largest absolute Gasteiger partial charge is 0.493 e. The Hall–Kier alpha value is -2.09. The van der Waals surface area contributed by atoms with Crippen LogP contribution in [0.5, 0.6) is 5.75 Å². The minimum Gasteiger partial charge on any atom is -0.493 e. The van der Waals surface area contributed by atoms with Crippen LogP contribution in [0.4, 0.5) is 0 Å². The van der Waals surface area contributed by atoms with Gasteiger partial charge in [-0.1, -0.05) is 48.0 Å². The Balaban J connectivity index is 1.77. The van der Waals surface area contributed by atoms with E-state index >= 15 is 0 Å². The second kappa shape index (κ2) is 9.15. The number of nitrogens with two attached hydrogens (primary N) is 1. The quantitative estimate of drug-likeness (QED) is 0.688. The first-order chi connectivity index (χ1) is 13.8. The molecule has 0 spiro atoms. The third-order valence-electron chi connectivity index (χ3n) is 5.10. The van der Waals surface area contributed by atoms with Gasteiger partial charge < -0.3 is 10.5 Å². The molecule has 1 saturated heterocycles. The smallest absolute Gasteiger partial charge is 0.218 e. The minimum atomic E-state index is -3.53. The van der Waals surface area contributed by atoms with Crippen LogP contribution in [-0.4, -0.2) is 38.3 Å². The summed E-state index contributed by atoms with van der Waals surface area (Å²) >= 11 is 6.00. The molecule has 156 valence electrons. The number of halogens is 1. The maximum Gasteiger partial charge on any atom is 0.218 e. The second-order valence-electron chi connectivity index (χ2n) is 7.57. The molecule has 6 nitrogen and oxygen atoms in total. The monoisotopic (exact) mass is 436 g/mol. The molecule has 8 heteroatoms. The molecule has 2 aromatic carbocycles. The SMILES string of the molecule is NC(=O)C[C@@]1(COc2cccc(Cl)c2)CCCN(S(=O)(=O)Cc2ccccc2)C1. The van der Waals surface area contributed by atoms with Gasteiger partial charge in [0.15, 0.2) is 0 Å². The molecule has 1 fully saturated rings. The molecule has 2 N–H and O–H groups in total. The number of piperidine rings is 1. The van der Waals surface area contributed by atoms with Crippen molar-refractivity contribution in [1.29, 1.82) is 0 Å². The molecule has 1 atom stereocenters. The van der Waals surface area contributed by atoms with Gasteiger partial charge in [0.1, 0.15) is 5.75 Å². The average Bonchev–Trinajstić information content (AvgIpc) is 2.67. The topological polar surface area (TPSA) is 89.7 Å². The average molecular weight is 437 g/mol. The number of ether oxygens (including phenoxy) is 1. The summed E-state index contributed by atoms with van der Waals surface area (Å²) in [6.45, 7) is 0.812. The molecular weight excluding hydrogens is 412 g/mol. The molecular formula is C21H25ClN2O4S. The van der Waals surface area contributed by atoms with Gasteiger partial charge in [-0.2, -0.15) is 0 Å². The Morgan fingerprint density at radius 1 is 1.17 bits per heavy atom. The predicted octanol–water partition coefficient (Wildman–Crippen LogP) is 3.21. The van der Waals surface area contributed by atoms with Crippen molar-refractivity contribution in [3.05, 3.63) is 65.2 Å². The lowest BCUT2D eigenvalue weighted by molar-refractivity contribution is -0.121. The van der Waals surface area contributed by atoms with Crippen molar-refractivity contribution in [2.75, 3.05) is 19.7 Å². The molecule has 3 rings (SSSR count). The fourth-order valence-electron chi connectivity index (χ4n) is 3.75. The van der Waals surface area contributed by atoms with Crippen molar-refractivity contribution in [2.45, 2.75) is 25.0 Å². The number of carbonyl (C=O) groups is 1. The highest BCUT2D eigenvalue weighted by Crippen LogP contribution is 2.36. The van der Waals surface area contributed by atoms with Crippen LogP contribution in [0.1, 0.15) is 24.8 Å². The van der Waals surface area contributed by atoms with Gasteiger partial charge in [-0.25, -0.2) is 12.7 Å². The van der Waals surface area contributed by atoms with Gasteiger partial charge in [-0.15, -0.1) is 0 Å². The second-order valence-corrected chi connectivity index (χ2v) is 9.97. The molecule has 29 heavy (non-hydrogen) atoms. The van der Waals surface area contributed by atoms with E-state index in [9.17, 15) is 13.2 Å². The molecule has 0 aliphatic carbocycles. The Bertz CT molecular complexity index is 952. The van der Waals surface area contributed by atoms with Crippen LogP contribution in [0.2, 0.25) is 5.02 Å². The third kappa shape index (κ3) is 5.95. The lowest BCUT2D eigenvalue weighted by Crippen LogP contribution is -2.50. The van der Waals surface area contributed by atoms with E-state index in [-0.39, 0.29) is 25.3 Å². The number of hydrogen-bond acceptors (Lipinski definition) is 4. The Labute approximate surface area is 176 Å². The van der Waals surface area contributed by atoms with Gasteiger partial charge in [0, 0.05) is 29.9 Å². The number of benzene rings is 2. The summed E-state index contributed by atoms with van der Waals surface area (Å²) in [6, 6.07) is 16.0. The number of amides is 1. The Kier molecular flexibility index (Phi) is 6.82. The van der Waals surface area contributed by atoms with Crippen LogP contribution in [0.15, 0.2) is 54.6 Å². The highest BCUT2D eigenvalue weighted by molar-refractivity contribution is 7.88. The number of sulfonamides is 1. The van der Waals surface area contributed by atoms with E-state index in [0.29, 0.717) is 30.2 Å². The van der Waals surface area contributed by atoms with E-state index in [2.05, 4.69) is 0 Å². The molecule has 0 radical (unpaired) electrons. The summed E-state index contributed by atoms with van der Waals surface area (Å²) in [4.78, 5) is 11.8. The summed E-state index contributed by atoms with van der Waals surface area (Å²) in [5, 5.41) is 0.544. The first-order valence-corrected chi connectivity index (χ1v) is 11.5. The van der Waals surface area contributed by atoms with Crippen LogP contribution in [0.3, 0.4) is 0 Å². The number of carbonyl (C=O) groups excluding carboxylic acids is 1. The normalized spacial score (nSPS) is 20.3. The number of hydrogen-bond donors (Lipinski definition) is 1. The molecule has 2 aromatic rings. The van der Waals surface area contributed by atoms with Gasteiger partial charge in [0.2, 0.25) is 15.9 Å². The molecule has 1 heterocycles. The summed E-state index contributed by atoms with van der Waals surface area (Å²) in [5.74, 6) is 0.0305. The maximum atomic E-state index is 13.0. The fourth-order valence-corrected chi connectivity index (χ4v) is 5.61. The van der Waals surface area contributed by atoms with E-state index < -0.39 is 21.3 Å². The highest BCUT2D eigenvalue weighted by Gasteiger charge is 2.41.